The van der Waals surface area contributed by atoms with Crippen LogP contribution >= 0.6 is 0 Å². The van der Waals surface area contributed by atoms with E-state index in [1.807, 2.05) is 0 Å². The first-order chi connectivity index (χ1) is 8.93. The van der Waals surface area contributed by atoms with Crippen LogP contribution in [-0.4, -0.2) is 14.1 Å². The smallest absolute Gasteiger partial charge is 0.332 e. The van der Waals surface area contributed by atoms with Crippen molar-refractivity contribution in [2.75, 3.05) is 5.73 Å². The Morgan fingerprint density at radius 2 is 1.68 bits per heavy atom. The zero-order valence-electron chi connectivity index (χ0n) is 10.1. The van der Waals surface area contributed by atoms with Crippen LogP contribution in [0.1, 0.15) is 11.1 Å². The average Bonchev–Trinajstić information content (AvgIpc) is 2.41. The van der Waals surface area contributed by atoms with E-state index in [0.29, 0.717) is 0 Å². The molecule has 8 nitrogen and oxygen atoms in total. The third-order valence-electron chi connectivity index (χ3n) is 2.84. The van der Waals surface area contributed by atoms with Crippen LogP contribution in [0.4, 0.5) is 5.82 Å². The molecule has 0 aliphatic rings. The van der Waals surface area contributed by atoms with Gasteiger partial charge in [-0.1, -0.05) is 0 Å². The fourth-order valence-electron chi connectivity index (χ4n) is 1.83. The number of fused-ring (bicyclic) bond motifs is 1. The standard InChI is InChI=1S/C11H8N6O2/c1-16-9-7(10(18)17(2)11(16)19)5(3-12)6(4-13)8(14)15-9/h1-2H3,(H2,14,15). The SMILES string of the molecule is Cn1c(=O)c2c(C#N)c(C#N)c(N)nc2n(C)c1=O. The molecule has 8 heteroatoms. The first-order valence-corrected chi connectivity index (χ1v) is 5.13. The summed E-state index contributed by atoms with van der Waals surface area (Å²) in [6.45, 7) is 0. The summed E-state index contributed by atoms with van der Waals surface area (Å²) in [5.41, 5.74) is 3.96. The molecule has 0 spiro atoms. The minimum atomic E-state index is -0.682. The van der Waals surface area contributed by atoms with E-state index in [0.717, 1.165) is 9.13 Å². The number of pyridine rings is 1. The number of nitrogens with zero attached hydrogens (tertiary/aromatic N) is 5. The molecular weight excluding hydrogens is 248 g/mol. The van der Waals surface area contributed by atoms with Crippen molar-refractivity contribution in [1.29, 1.82) is 10.5 Å². The first-order valence-electron chi connectivity index (χ1n) is 5.13. The molecule has 0 saturated carbocycles. The Morgan fingerprint density at radius 1 is 1.11 bits per heavy atom. The molecule has 0 bridgehead atoms. The number of rotatable bonds is 0. The van der Waals surface area contributed by atoms with Gasteiger partial charge >= 0.3 is 5.69 Å². The van der Waals surface area contributed by atoms with Gasteiger partial charge in [0.25, 0.3) is 5.56 Å². The highest BCUT2D eigenvalue weighted by molar-refractivity contribution is 5.86. The van der Waals surface area contributed by atoms with Crippen LogP contribution in [0.5, 0.6) is 0 Å². The topological polar surface area (TPSA) is 130 Å². The van der Waals surface area contributed by atoms with Gasteiger partial charge in [0.15, 0.2) is 5.65 Å². The van der Waals surface area contributed by atoms with Crippen LogP contribution in [0.25, 0.3) is 11.0 Å². The van der Waals surface area contributed by atoms with Gasteiger partial charge in [-0.25, -0.2) is 9.78 Å². The zero-order chi connectivity index (χ0) is 14.3. The molecule has 0 amide bonds. The molecule has 2 aromatic heterocycles. The van der Waals surface area contributed by atoms with Gasteiger partial charge in [0.2, 0.25) is 0 Å². The van der Waals surface area contributed by atoms with Crippen molar-refractivity contribution < 1.29 is 0 Å². The molecule has 2 N–H and O–H groups in total. The van der Waals surface area contributed by atoms with Crippen molar-refractivity contribution in [2.24, 2.45) is 14.1 Å². The monoisotopic (exact) mass is 256 g/mol. The fraction of sp³-hybridized carbons (Fsp3) is 0.182. The maximum atomic E-state index is 12.1. The molecule has 0 aliphatic carbocycles. The Bertz CT molecular complexity index is 907. The minimum Gasteiger partial charge on any atom is -0.382 e. The summed E-state index contributed by atoms with van der Waals surface area (Å²) in [4.78, 5) is 27.7. The molecule has 2 aromatic rings. The lowest BCUT2D eigenvalue weighted by Crippen LogP contribution is -2.38. The molecule has 2 heterocycles. The van der Waals surface area contributed by atoms with Gasteiger partial charge in [-0.3, -0.25) is 13.9 Å². The average molecular weight is 256 g/mol. The van der Waals surface area contributed by atoms with Gasteiger partial charge in [0.1, 0.15) is 28.9 Å². The normalized spacial score (nSPS) is 10.1. The van der Waals surface area contributed by atoms with Crippen molar-refractivity contribution in [3.8, 4) is 12.1 Å². The second-order valence-electron chi connectivity index (χ2n) is 3.88. The second kappa shape index (κ2) is 3.96. The van der Waals surface area contributed by atoms with Gasteiger partial charge in [-0.05, 0) is 0 Å². The summed E-state index contributed by atoms with van der Waals surface area (Å²) in [6.07, 6.45) is 0. The third-order valence-corrected chi connectivity index (χ3v) is 2.84. The molecule has 0 unspecified atom stereocenters. The number of nitriles is 2. The number of hydrogen-bond donors (Lipinski definition) is 1. The van der Waals surface area contributed by atoms with Crippen LogP contribution in [0.3, 0.4) is 0 Å². The lowest BCUT2D eigenvalue weighted by atomic mass is 10.1. The minimum absolute atomic E-state index is 0.0128. The van der Waals surface area contributed by atoms with Crippen molar-refractivity contribution in [3.63, 3.8) is 0 Å². The van der Waals surface area contributed by atoms with E-state index in [1.54, 1.807) is 12.1 Å². The summed E-state index contributed by atoms with van der Waals surface area (Å²) < 4.78 is 1.96. The van der Waals surface area contributed by atoms with Crippen molar-refractivity contribution >= 4 is 16.9 Å². The number of nitrogen functional groups attached to an aromatic ring is 1. The zero-order valence-corrected chi connectivity index (χ0v) is 10.1. The fourth-order valence-corrected chi connectivity index (χ4v) is 1.83. The van der Waals surface area contributed by atoms with Gasteiger partial charge < -0.3 is 5.73 Å². The van der Waals surface area contributed by atoms with E-state index in [4.69, 9.17) is 16.3 Å². The Balaban J connectivity index is 3.31. The van der Waals surface area contributed by atoms with Gasteiger partial charge in [-0.15, -0.1) is 0 Å². The van der Waals surface area contributed by atoms with Crippen LogP contribution in [0, 0.1) is 22.7 Å². The Kier molecular flexibility index (Phi) is 2.57. The Hall–Kier alpha value is -3.13. The molecule has 94 valence electrons. The lowest BCUT2D eigenvalue weighted by molar-refractivity contribution is 0.707. The van der Waals surface area contributed by atoms with E-state index in [2.05, 4.69) is 4.98 Å². The highest BCUT2D eigenvalue weighted by Gasteiger charge is 2.19. The van der Waals surface area contributed by atoms with Crippen molar-refractivity contribution in [2.45, 2.75) is 0 Å². The van der Waals surface area contributed by atoms with Gasteiger partial charge in [-0.2, -0.15) is 10.5 Å². The molecule has 0 radical (unpaired) electrons. The summed E-state index contributed by atoms with van der Waals surface area (Å²) in [6, 6.07) is 3.52. The molecule has 0 atom stereocenters. The molecule has 0 aromatic carbocycles. The summed E-state index contributed by atoms with van der Waals surface area (Å²) in [5.74, 6) is -0.185. The van der Waals surface area contributed by atoms with Crippen molar-refractivity contribution in [3.05, 3.63) is 32.0 Å². The summed E-state index contributed by atoms with van der Waals surface area (Å²) >= 11 is 0. The summed E-state index contributed by atoms with van der Waals surface area (Å²) in [5, 5.41) is 18.0. The third kappa shape index (κ3) is 1.47. The number of nitrogens with two attached hydrogens (primary N) is 1. The lowest BCUT2D eigenvalue weighted by Gasteiger charge is -2.09. The highest BCUT2D eigenvalue weighted by atomic mass is 16.2. The van der Waals surface area contributed by atoms with Crippen molar-refractivity contribution in [1.82, 2.24) is 14.1 Å². The number of aromatic nitrogens is 3. The number of aryl methyl sites for hydroxylation is 1. The maximum Gasteiger partial charge on any atom is 0.332 e. The predicted octanol–water partition coefficient (Wildman–Crippen LogP) is -1.04. The Morgan fingerprint density at radius 3 is 2.21 bits per heavy atom. The van der Waals surface area contributed by atoms with Crippen LogP contribution in [-0.2, 0) is 14.1 Å². The van der Waals surface area contributed by atoms with Gasteiger partial charge in [0, 0.05) is 14.1 Å². The van der Waals surface area contributed by atoms with Crippen LogP contribution in [0.15, 0.2) is 9.59 Å². The quantitative estimate of drug-likeness (QED) is 0.640. The molecular formula is C11H8N6O2. The van der Waals surface area contributed by atoms with Gasteiger partial charge in [0.05, 0.1) is 5.56 Å². The maximum absolute atomic E-state index is 12.1. The van der Waals surface area contributed by atoms with Crippen LogP contribution in [0.2, 0.25) is 0 Å². The van der Waals surface area contributed by atoms with E-state index < -0.39 is 11.2 Å². The molecule has 0 fully saturated rings. The van der Waals surface area contributed by atoms with E-state index in [-0.39, 0.29) is 28.0 Å². The second-order valence-corrected chi connectivity index (χ2v) is 3.88. The summed E-state index contributed by atoms with van der Waals surface area (Å²) in [7, 11) is 2.69. The van der Waals surface area contributed by atoms with Crippen LogP contribution < -0.4 is 17.0 Å². The van der Waals surface area contributed by atoms with E-state index >= 15 is 0 Å². The largest absolute Gasteiger partial charge is 0.382 e. The molecule has 2 rings (SSSR count). The number of hydrogen-bond acceptors (Lipinski definition) is 6. The molecule has 19 heavy (non-hydrogen) atoms. The Labute approximate surface area is 106 Å². The van der Waals surface area contributed by atoms with E-state index in [9.17, 15) is 9.59 Å². The molecule has 0 aliphatic heterocycles. The van der Waals surface area contributed by atoms with E-state index in [1.165, 1.54) is 14.1 Å². The molecule has 0 saturated heterocycles. The number of anilines is 1. The first kappa shape index (κ1) is 12.3. The highest BCUT2D eigenvalue weighted by Crippen LogP contribution is 2.20. The predicted molar refractivity (Wildman–Crippen MR) is 66.1 cm³/mol.